The van der Waals surface area contributed by atoms with Gasteiger partial charge < -0.3 is 9.64 Å². The second-order valence-electron chi connectivity index (χ2n) is 7.82. The molecule has 1 unspecified atom stereocenters. The van der Waals surface area contributed by atoms with Crippen LogP contribution in [-0.4, -0.2) is 71.4 Å². The first kappa shape index (κ1) is 24.8. The highest BCUT2D eigenvalue weighted by Crippen LogP contribution is 2.32. The molecular formula is C22H22Cl2N4O4S2. The van der Waals surface area contributed by atoms with Gasteiger partial charge in [0.15, 0.2) is 20.8 Å². The zero-order valence-corrected chi connectivity index (χ0v) is 21.6. The molecule has 0 radical (unpaired) electrons. The summed E-state index contributed by atoms with van der Waals surface area (Å²) in [5.41, 5.74) is 1.49. The number of methoxy groups -OCH3 is 1. The third-order valence-electron chi connectivity index (χ3n) is 5.62. The van der Waals surface area contributed by atoms with Crippen molar-refractivity contribution < 1.29 is 17.9 Å². The van der Waals surface area contributed by atoms with Crippen LogP contribution in [0.1, 0.15) is 6.42 Å². The number of rotatable bonds is 7. The Hall–Kier alpha value is -2.27. The lowest BCUT2D eigenvalue weighted by atomic mass is 10.2. The van der Waals surface area contributed by atoms with E-state index in [2.05, 4.69) is 10.2 Å². The molecule has 12 heteroatoms. The van der Waals surface area contributed by atoms with Crippen molar-refractivity contribution in [2.75, 3.05) is 31.4 Å². The molecule has 0 saturated carbocycles. The van der Waals surface area contributed by atoms with Crippen LogP contribution in [0.5, 0.6) is 5.75 Å². The molecule has 1 aliphatic heterocycles. The Balaban J connectivity index is 1.62. The van der Waals surface area contributed by atoms with E-state index in [1.165, 1.54) is 16.7 Å². The van der Waals surface area contributed by atoms with E-state index >= 15 is 0 Å². The van der Waals surface area contributed by atoms with Crippen LogP contribution in [-0.2, 0) is 14.6 Å². The third kappa shape index (κ3) is 5.35. The van der Waals surface area contributed by atoms with Crippen molar-refractivity contribution in [2.45, 2.75) is 17.6 Å². The number of benzene rings is 2. The molecule has 1 aliphatic rings. The summed E-state index contributed by atoms with van der Waals surface area (Å²) < 4.78 is 30.6. The topological polar surface area (TPSA) is 94.4 Å². The number of hydrogen-bond acceptors (Lipinski definition) is 7. The quantitative estimate of drug-likeness (QED) is 0.418. The smallest absolute Gasteiger partial charge is 0.233 e. The molecular weight excluding hydrogens is 519 g/mol. The summed E-state index contributed by atoms with van der Waals surface area (Å²) >= 11 is 13.6. The van der Waals surface area contributed by atoms with Gasteiger partial charge in [-0.2, -0.15) is 0 Å². The second-order valence-corrected chi connectivity index (χ2v) is 11.8. The number of amides is 1. The molecule has 180 valence electrons. The monoisotopic (exact) mass is 540 g/mol. The summed E-state index contributed by atoms with van der Waals surface area (Å²) in [6.07, 6.45) is 0.455. The van der Waals surface area contributed by atoms with E-state index in [9.17, 15) is 13.2 Å². The molecule has 0 N–H and O–H groups in total. The standard InChI is InChI=1S/C22H22Cl2N4O4S2/c1-27(16-9-10-34(30,31)13-16)20(29)12-33-22-26-25-21(14-3-6-17(32-2)7-4-14)28(22)15-5-8-18(23)19(24)11-15/h3-8,11,16H,9-10,12-13H2,1-2H3. The van der Waals surface area contributed by atoms with Gasteiger partial charge in [0.2, 0.25) is 5.91 Å². The maximum atomic E-state index is 12.8. The van der Waals surface area contributed by atoms with Gasteiger partial charge >= 0.3 is 0 Å². The van der Waals surface area contributed by atoms with Crippen molar-refractivity contribution in [3.8, 4) is 22.8 Å². The first-order valence-corrected chi connectivity index (χ1v) is 13.9. The molecule has 1 amide bonds. The number of thioether (sulfide) groups is 1. The van der Waals surface area contributed by atoms with Crippen LogP contribution in [0, 0.1) is 0 Å². The Bertz CT molecular complexity index is 1310. The number of aromatic nitrogens is 3. The molecule has 1 atom stereocenters. The summed E-state index contributed by atoms with van der Waals surface area (Å²) in [6.45, 7) is 0. The van der Waals surface area contributed by atoms with Gasteiger partial charge in [-0.05, 0) is 48.9 Å². The Morgan fingerprint density at radius 2 is 1.91 bits per heavy atom. The predicted octanol–water partition coefficient (Wildman–Crippen LogP) is 3.99. The van der Waals surface area contributed by atoms with Crippen LogP contribution in [0.2, 0.25) is 10.0 Å². The Morgan fingerprint density at radius 1 is 1.18 bits per heavy atom. The van der Waals surface area contributed by atoms with E-state index in [0.29, 0.717) is 38.9 Å². The lowest BCUT2D eigenvalue weighted by molar-refractivity contribution is -0.128. The summed E-state index contributed by atoms with van der Waals surface area (Å²) in [4.78, 5) is 14.3. The van der Waals surface area contributed by atoms with Gasteiger partial charge in [0.1, 0.15) is 5.75 Å². The molecule has 0 bridgehead atoms. The molecule has 4 rings (SSSR count). The first-order valence-electron chi connectivity index (χ1n) is 10.3. The number of hydrogen-bond donors (Lipinski definition) is 0. The molecule has 8 nitrogen and oxygen atoms in total. The van der Waals surface area contributed by atoms with E-state index in [1.807, 2.05) is 28.8 Å². The lowest BCUT2D eigenvalue weighted by Gasteiger charge is -2.23. The number of sulfone groups is 1. The minimum Gasteiger partial charge on any atom is -0.497 e. The average molecular weight is 541 g/mol. The van der Waals surface area contributed by atoms with Crippen LogP contribution in [0.3, 0.4) is 0 Å². The number of nitrogens with zero attached hydrogens (tertiary/aromatic N) is 4. The van der Waals surface area contributed by atoms with Crippen molar-refractivity contribution in [3.63, 3.8) is 0 Å². The van der Waals surface area contributed by atoms with Crippen LogP contribution in [0.4, 0.5) is 0 Å². The molecule has 2 heterocycles. The Morgan fingerprint density at radius 3 is 2.53 bits per heavy atom. The maximum Gasteiger partial charge on any atom is 0.233 e. The minimum atomic E-state index is -3.08. The van der Waals surface area contributed by atoms with Crippen LogP contribution >= 0.6 is 35.0 Å². The summed E-state index contributed by atoms with van der Waals surface area (Å²) in [5.74, 6) is 1.28. The summed E-state index contributed by atoms with van der Waals surface area (Å²) in [5, 5.41) is 9.96. The van der Waals surface area contributed by atoms with E-state index in [4.69, 9.17) is 27.9 Å². The molecule has 2 aromatic carbocycles. The average Bonchev–Trinajstić information content (AvgIpc) is 3.41. The van der Waals surface area contributed by atoms with Gasteiger partial charge in [0, 0.05) is 18.7 Å². The molecule has 0 aliphatic carbocycles. The van der Waals surface area contributed by atoms with E-state index in [0.717, 1.165) is 5.56 Å². The van der Waals surface area contributed by atoms with Crippen molar-refractivity contribution >= 4 is 50.7 Å². The highest BCUT2D eigenvalue weighted by molar-refractivity contribution is 7.99. The Labute approximate surface area is 212 Å². The molecule has 1 aromatic heterocycles. The zero-order valence-electron chi connectivity index (χ0n) is 18.4. The maximum absolute atomic E-state index is 12.8. The van der Waals surface area contributed by atoms with Gasteiger partial charge in [-0.25, -0.2) is 8.42 Å². The van der Waals surface area contributed by atoms with Crippen molar-refractivity contribution in [1.82, 2.24) is 19.7 Å². The predicted molar refractivity (Wildman–Crippen MR) is 134 cm³/mol. The van der Waals surface area contributed by atoms with E-state index in [1.54, 1.807) is 32.4 Å². The largest absolute Gasteiger partial charge is 0.497 e. The number of halogens is 2. The summed E-state index contributed by atoms with van der Waals surface area (Å²) in [6, 6.07) is 12.3. The highest BCUT2D eigenvalue weighted by Gasteiger charge is 2.32. The number of carbonyl (C=O) groups excluding carboxylic acids is 1. The number of carbonyl (C=O) groups is 1. The van der Waals surface area contributed by atoms with Crippen molar-refractivity contribution in [2.24, 2.45) is 0 Å². The molecule has 0 spiro atoms. The molecule has 1 saturated heterocycles. The van der Waals surface area contributed by atoms with Gasteiger partial charge in [0.25, 0.3) is 0 Å². The third-order valence-corrected chi connectivity index (χ3v) is 9.02. The minimum absolute atomic E-state index is 0.000973. The SMILES string of the molecule is COc1ccc(-c2nnc(SCC(=O)N(C)C3CCS(=O)(=O)C3)n2-c2ccc(Cl)c(Cl)c2)cc1. The van der Waals surface area contributed by atoms with Crippen LogP contribution < -0.4 is 4.74 Å². The lowest BCUT2D eigenvalue weighted by Crippen LogP contribution is -2.38. The van der Waals surface area contributed by atoms with E-state index < -0.39 is 9.84 Å². The molecule has 1 fully saturated rings. The first-order chi connectivity index (χ1) is 16.2. The summed E-state index contributed by atoms with van der Waals surface area (Å²) in [7, 11) is 0.151. The fourth-order valence-electron chi connectivity index (χ4n) is 3.66. The number of ether oxygens (including phenoxy) is 1. The molecule has 3 aromatic rings. The molecule has 34 heavy (non-hydrogen) atoms. The van der Waals surface area contributed by atoms with E-state index in [-0.39, 0.29) is 29.2 Å². The fraction of sp³-hybridized carbons (Fsp3) is 0.318. The van der Waals surface area contributed by atoms with Crippen molar-refractivity contribution in [1.29, 1.82) is 0 Å². The van der Waals surface area contributed by atoms with Crippen LogP contribution in [0.25, 0.3) is 17.1 Å². The Kier molecular flexibility index (Phi) is 7.42. The second kappa shape index (κ2) is 10.2. The van der Waals surface area contributed by atoms with Gasteiger partial charge in [-0.15, -0.1) is 10.2 Å². The van der Waals surface area contributed by atoms with Gasteiger partial charge in [0.05, 0.1) is 40.1 Å². The van der Waals surface area contributed by atoms with Crippen molar-refractivity contribution in [3.05, 3.63) is 52.5 Å². The zero-order chi connectivity index (χ0) is 24.5. The fourth-order valence-corrected chi connectivity index (χ4v) is 6.60. The van der Waals surface area contributed by atoms with Crippen LogP contribution in [0.15, 0.2) is 47.6 Å². The van der Waals surface area contributed by atoms with Gasteiger partial charge in [-0.1, -0.05) is 35.0 Å². The van der Waals surface area contributed by atoms with Gasteiger partial charge in [-0.3, -0.25) is 9.36 Å². The normalized spacial score (nSPS) is 17.0. The highest BCUT2D eigenvalue weighted by atomic mass is 35.5.